The van der Waals surface area contributed by atoms with Crippen LogP contribution in [-0.4, -0.2) is 23.1 Å². The first-order valence-corrected chi connectivity index (χ1v) is 9.81. The Hall–Kier alpha value is -3.86. The van der Waals surface area contributed by atoms with Crippen molar-refractivity contribution in [2.75, 3.05) is 6.61 Å². The minimum atomic E-state index is -0.570. The number of fused-ring (bicyclic) bond motifs is 3. The van der Waals surface area contributed by atoms with Gasteiger partial charge >= 0.3 is 5.97 Å². The van der Waals surface area contributed by atoms with E-state index in [-0.39, 0.29) is 18.2 Å². The number of benzene rings is 3. The monoisotopic (exact) mass is 398 g/mol. The summed E-state index contributed by atoms with van der Waals surface area (Å²) in [6.07, 6.45) is 1.65. The fraction of sp³-hybridized carbons (Fsp3) is 0.120. The molecule has 0 aliphatic heterocycles. The number of nitrogens with one attached hydrogen (secondary N) is 1. The molecule has 0 unspecified atom stereocenters. The number of amides is 1. The lowest BCUT2D eigenvalue weighted by atomic mass is 10.1. The van der Waals surface area contributed by atoms with Crippen molar-refractivity contribution in [2.45, 2.75) is 6.92 Å². The van der Waals surface area contributed by atoms with Crippen LogP contribution in [0.25, 0.3) is 27.9 Å². The first kappa shape index (κ1) is 19.5. The maximum Gasteiger partial charge on any atom is 0.354 e. The Morgan fingerprint density at radius 1 is 0.933 bits per heavy atom. The van der Waals surface area contributed by atoms with Gasteiger partial charge in [0.25, 0.3) is 5.91 Å². The van der Waals surface area contributed by atoms with Crippen LogP contribution in [0.2, 0.25) is 0 Å². The Balaban J connectivity index is 1.75. The molecule has 150 valence electrons. The fourth-order valence-electron chi connectivity index (χ4n) is 3.58. The van der Waals surface area contributed by atoms with Crippen LogP contribution in [0.5, 0.6) is 0 Å². The van der Waals surface area contributed by atoms with Gasteiger partial charge in [-0.2, -0.15) is 0 Å². The Morgan fingerprint density at radius 3 is 2.40 bits per heavy atom. The number of rotatable bonds is 5. The van der Waals surface area contributed by atoms with E-state index in [1.165, 1.54) is 0 Å². The molecular weight excluding hydrogens is 376 g/mol. The summed E-state index contributed by atoms with van der Waals surface area (Å²) in [4.78, 5) is 25.1. The maximum atomic E-state index is 12.6. The van der Waals surface area contributed by atoms with Crippen LogP contribution < -0.4 is 5.32 Å². The van der Waals surface area contributed by atoms with Gasteiger partial charge in [0, 0.05) is 34.4 Å². The number of carbonyl (C=O) groups is 2. The summed E-state index contributed by atoms with van der Waals surface area (Å²) >= 11 is 0. The molecule has 30 heavy (non-hydrogen) atoms. The molecule has 3 aromatic carbocycles. The minimum absolute atomic E-state index is 0.102. The van der Waals surface area contributed by atoms with Crippen LogP contribution in [0.4, 0.5) is 0 Å². The van der Waals surface area contributed by atoms with Gasteiger partial charge in [-0.25, -0.2) is 4.79 Å². The van der Waals surface area contributed by atoms with Gasteiger partial charge in [0.2, 0.25) is 0 Å². The van der Waals surface area contributed by atoms with Crippen LogP contribution in [0.1, 0.15) is 22.8 Å². The topological polar surface area (TPSA) is 60.3 Å². The number of ether oxygens (including phenoxy) is 1. The predicted octanol–water partition coefficient (Wildman–Crippen LogP) is 4.67. The van der Waals surface area contributed by atoms with E-state index in [0.717, 1.165) is 27.4 Å². The Labute approximate surface area is 174 Å². The zero-order valence-electron chi connectivity index (χ0n) is 16.9. The summed E-state index contributed by atoms with van der Waals surface area (Å²) < 4.78 is 7.29. The van der Waals surface area contributed by atoms with Crippen molar-refractivity contribution in [1.29, 1.82) is 0 Å². The molecule has 0 fully saturated rings. The first-order valence-electron chi connectivity index (χ1n) is 9.81. The minimum Gasteiger partial charge on any atom is -0.461 e. The first-order chi connectivity index (χ1) is 14.6. The highest BCUT2D eigenvalue weighted by molar-refractivity contribution is 6.09. The van der Waals surface area contributed by atoms with E-state index in [4.69, 9.17) is 4.74 Å². The zero-order chi connectivity index (χ0) is 21.1. The Kier molecular flexibility index (Phi) is 5.35. The lowest BCUT2D eigenvalue weighted by Gasteiger charge is -2.10. The number of aromatic nitrogens is 1. The smallest absolute Gasteiger partial charge is 0.354 e. The van der Waals surface area contributed by atoms with Crippen LogP contribution in [0.15, 0.2) is 78.5 Å². The number of esters is 1. The summed E-state index contributed by atoms with van der Waals surface area (Å²) in [6, 6.07) is 22.9. The number of hydrogen-bond donors (Lipinski definition) is 1. The number of hydrogen-bond acceptors (Lipinski definition) is 3. The van der Waals surface area contributed by atoms with E-state index in [9.17, 15) is 9.59 Å². The van der Waals surface area contributed by atoms with Gasteiger partial charge in [0.1, 0.15) is 5.70 Å². The van der Waals surface area contributed by atoms with E-state index in [0.29, 0.717) is 5.56 Å². The number of aryl methyl sites for hydroxylation is 1. The number of para-hydroxylation sites is 1. The zero-order valence-corrected chi connectivity index (χ0v) is 16.9. The molecule has 4 aromatic rings. The molecule has 0 bridgehead atoms. The van der Waals surface area contributed by atoms with Gasteiger partial charge in [-0.05, 0) is 48.9 Å². The molecule has 0 saturated carbocycles. The molecule has 1 N–H and O–H groups in total. The highest BCUT2D eigenvalue weighted by Crippen LogP contribution is 2.29. The Morgan fingerprint density at radius 2 is 1.63 bits per heavy atom. The maximum absolute atomic E-state index is 12.6. The summed E-state index contributed by atoms with van der Waals surface area (Å²) in [5.74, 6) is -0.930. The van der Waals surface area contributed by atoms with Crippen LogP contribution in [-0.2, 0) is 16.6 Å². The summed E-state index contributed by atoms with van der Waals surface area (Å²) in [5.41, 5.74) is 3.61. The molecule has 0 radical (unpaired) electrons. The number of carbonyl (C=O) groups excluding carboxylic acids is 2. The average molecular weight is 398 g/mol. The van der Waals surface area contributed by atoms with Crippen LogP contribution in [0.3, 0.4) is 0 Å². The van der Waals surface area contributed by atoms with Gasteiger partial charge in [-0.15, -0.1) is 0 Å². The third-order valence-electron chi connectivity index (χ3n) is 5.03. The van der Waals surface area contributed by atoms with E-state index in [2.05, 4.69) is 22.0 Å². The van der Waals surface area contributed by atoms with Crippen LogP contribution in [0, 0.1) is 0 Å². The van der Waals surface area contributed by atoms with Gasteiger partial charge < -0.3 is 14.6 Å². The molecule has 0 aliphatic rings. The van der Waals surface area contributed by atoms with Gasteiger partial charge in [0.15, 0.2) is 0 Å². The normalized spacial score (nSPS) is 11.6. The molecule has 1 amide bonds. The molecule has 0 spiro atoms. The fourth-order valence-corrected chi connectivity index (χ4v) is 3.58. The molecule has 0 saturated heterocycles. The van der Waals surface area contributed by atoms with Crippen molar-refractivity contribution in [3.8, 4) is 0 Å². The third kappa shape index (κ3) is 3.70. The van der Waals surface area contributed by atoms with Crippen molar-refractivity contribution in [1.82, 2.24) is 9.88 Å². The molecule has 1 heterocycles. The highest BCUT2D eigenvalue weighted by Gasteiger charge is 2.16. The summed E-state index contributed by atoms with van der Waals surface area (Å²) in [5, 5.41) is 4.92. The molecule has 5 nitrogen and oxygen atoms in total. The largest absolute Gasteiger partial charge is 0.461 e. The van der Waals surface area contributed by atoms with E-state index >= 15 is 0 Å². The lowest BCUT2D eigenvalue weighted by molar-refractivity contribution is -0.138. The summed E-state index contributed by atoms with van der Waals surface area (Å²) in [7, 11) is 2.03. The summed E-state index contributed by atoms with van der Waals surface area (Å²) in [6.45, 7) is 1.95. The molecule has 0 atom stereocenters. The van der Waals surface area contributed by atoms with Gasteiger partial charge in [0.05, 0.1) is 6.61 Å². The number of nitrogens with zero attached hydrogens (tertiary/aromatic N) is 1. The third-order valence-corrected chi connectivity index (χ3v) is 5.03. The SMILES string of the molecule is CCOC(=O)C(=Cc1ccc2c(c1)c1ccccc1n2C)NC(=O)c1ccccc1. The quantitative estimate of drug-likeness (QED) is 0.393. The highest BCUT2D eigenvalue weighted by atomic mass is 16.5. The van der Waals surface area contributed by atoms with Crippen molar-refractivity contribution in [2.24, 2.45) is 7.05 Å². The van der Waals surface area contributed by atoms with Crippen LogP contribution >= 0.6 is 0 Å². The molecular formula is C25H22N2O3. The molecule has 5 heteroatoms. The second-order valence-corrected chi connectivity index (χ2v) is 6.95. The molecule has 0 aliphatic carbocycles. The van der Waals surface area contributed by atoms with Gasteiger partial charge in [-0.1, -0.05) is 42.5 Å². The van der Waals surface area contributed by atoms with E-state index in [1.807, 2.05) is 43.4 Å². The van der Waals surface area contributed by atoms with E-state index < -0.39 is 5.97 Å². The lowest BCUT2D eigenvalue weighted by Crippen LogP contribution is -2.28. The molecule has 1 aromatic heterocycles. The average Bonchev–Trinajstić information content (AvgIpc) is 3.06. The van der Waals surface area contributed by atoms with Crippen molar-refractivity contribution in [3.63, 3.8) is 0 Å². The van der Waals surface area contributed by atoms with E-state index in [1.54, 1.807) is 37.3 Å². The molecule has 4 rings (SSSR count). The van der Waals surface area contributed by atoms with Crippen molar-refractivity contribution >= 4 is 39.8 Å². The van der Waals surface area contributed by atoms with Gasteiger partial charge in [-0.3, -0.25) is 4.79 Å². The Bertz CT molecular complexity index is 1270. The van der Waals surface area contributed by atoms with Crippen molar-refractivity contribution < 1.29 is 14.3 Å². The van der Waals surface area contributed by atoms with Crippen molar-refractivity contribution in [3.05, 3.63) is 89.6 Å². The standard InChI is InChI=1S/C25H22N2O3/c1-3-30-25(29)21(26-24(28)18-9-5-4-6-10-18)16-17-13-14-23-20(15-17)19-11-7-8-12-22(19)27(23)2/h4-16H,3H2,1-2H3,(H,26,28). The predicted molar refractivity (Wildman–Crippen MR) is 119 cm³/mol. The second-order valence-electron chi connectivity index (χ2n) is 6.95. The second kappa shape index (κ2) is 8.25.